The van der Waals surface area contributed by atoms with E-state index in [-0.39, 0.29) is 21.5 Å². The van der Waals surface area contributed by atoms with Crippen LogP contribution in [0.4, 0.5) is 0 Å². The van der Waals surface area contributed by atoms with E-state index in [1.807, 2.05) is 19.1 Å². The molecule has 1 unspecified atom stereocenters. The second-order valence-electron chi connectivity index (χ2n) is 6.66. The van der Waals surface area contributed by atoms with Crippen molar-refractivity contribution in [3.63, 3.8) is 0 Å². The summed E-state index contributed by atoms with van der Waals surface area (Å²) in [5.74, 6) is 0.816. The molecule has 2 aromatic carbocycles. The summed E-state index contributed by atoms with van der Waals surface area (Å²) in [4.78, 5) is 12.4. The van der Waals surface area contributed by atoms with Crippen LogP contribution in [0.5, 0.6) is 11.5 Å². The van der Waals surface area contributed by atoms with E-state index < -0.39 is 15.9 Å². The minimum absolute atomic E-state index is 0.0367. The molecule has 2 aromatic rings. The summed E-state index contributed by atoms with van der Waals surface area (Å²) in [7, 11) is -0.880. The lowest BCUT2D eigenvalue weighted by molar-refractivity contribution is 0.0682. The van der Waals surface area contributed by atoms with Gasteiger partial charge in [0.1, 0.15) is 4.90 Å². The van der Waals surface area contributed by atoms with Crippen molar-refractivity contribution in [1.82, 2.24) is 10.4 Å². The second-order valence-corrected chi connectivity index (χ2v) is 8.59. The summed E-state index contributed by atoms with van der Waals surface area (Å²) in [6.45, 7) is 2.53. The molecule has 0 spiro atoms. The summed E-state index contributed by atoms with van der Waals surface area (Å²) in [6, 6.07) is 7.67. The molecule has 3 N–H and O–H groups in total. The Kier molecular flexibility index (Phi) is 6.04. The number of fused-ring (bicyclic) bond motifs is 1. The number of hydrogen-bond acceptors (Lipinski definition) is 6. The Hall–Kier alpha value is -2.33. The van der Waals surface area contributed by atoms with Crippen molar-refractivity contribution in [2.75, 3.05) is 20.8 Å². The summed E-state index contributed by atoms with van der Waals surface area (Å²) >= 11 is 5.89. The number of carbonyl (C=O) groups excluding carboxylic acids is 1. The molecule has 1 heterocycles. The van der Waals surface area contributed by atoms with Gasteiger partial charge < -0.3 is 9.47 Å². The van der Waals surface area contributed by atoms with E-state index in [9.17, 15) is 13.2 Å². The van der Waals surface area contributed by atoms with E-state index in [0.717, 1.165) is 11.1 Å². The highest BCUT2D eigenvalue weighted by Gasteiger charge is 2.27. The lowest BCUT2D eigenvalue weighted by Gasteiger charge is -2.35. The van der Waals surface area contributed by atoms with E-state index in [4.69, 9.17) is 26.2 Å². The fraction of sp³-hybridized carbons (Fsp3) is 0.316. The van der Waals surface area contributed by atoms with Crippen molar-refractivity contribution >= 4 is 27.5 Å². The first-order chi connectivity index (χ1) is 13.7. The predicted octanol–water partition coefficient (Wildman–Crippen LogP) is 2.27. The minimum atomic E-state index is -4.04. The van der Waals surface area contributed by atoms with Crippen LogP contribution in [-0.2, 0) is 16.4 Å². The Morgan fingerprint density at radius 1 is 1.21 bits per heavy atom. The van der Waals surface area contributed by atoms with Gasteiger partial charge in [0.2, 0.25) is 10.0 Å². The van der Waals surface area contributed by atoms with Crippen LogP contribution >= 0.6 is 11.6 Å². The normalized spacial score (nSPS) is 16.8. The summed E-state index contributed by atoms with van der Waals surface area (Å²) < 4.78 is 34.0. The molecule has 10 heteroatoms. The molecule has 1 aliphatic heterocycles. The number of ether oxygens (including phenoxy) is 2. The highest BCUT2D eigenvalue weighted by atomic mass is 35.5. The average molecular weight is 440 g/mol. The number of amides is 1. The van der Waals surface area contributed by atoms with Crippen LogP contribution in [0.15, 0.2) is 35.2 Å². The molecule has 1 atom stereocenters. The van der Waals surface area contributed by atoms with Gasteiger partial charge >= 0.3 is 0 Å². The van der Waals surface area contributed by atoms with E-state index in [2.05, 4.69) is 5.43 Å². The van der Waals surface area contributed by atoms with Gasteiger partial charge in [-0.1, -0.05) is 11.6 Å². The van der Waals surface area contributed by atoms with Crippen LogP contribution in [0.25, 0.3) is 0 Å². The van der Waals surface area contributed by atoms with Crippen molar-refractivity contribution in [2.24, 2.45) is 5.14 Å². The first kappa shape index (κ1) is 21.4. The number of carbonyl (C=O) groups is 1. The molecule has 0 aliphatic carbocycles. The summed E-state index contributed by atoms with van der Waals surface area (Å²) in [6.07, 6.45) is 0.698. The number of rotatable bonds is 5. The van der Waals surface area contributed by atoms with Gasteiger partial charge in [-0.25, -0.2) is 18.6 Å². The molecule has 1 aliphatic rings. The van der Waals surface area contributed by atoms with Crippen molar-refractivity contribution in [3.05, 3.63) is 52.0 Å². The Labute approximate surface area is 174 Å². The molecular formula is C19H22ClN3O5S. The van der Waals surface area contributed by atoms with E-state index in [1.54, 1.807) is 19.2 Å². The zero-order chi connectivity index (χ0) is 21.3. The molecule has 8 nitrogen and oxygen atoms in total. The van der Waals surface area contributed by atoms with Crippen LogP contribution in [0.2, 0.25) is 5.02 Å². The number of benzene rings is 2. The van der Waals surface area contributed by atoms with E-state index >= 15 is 0 Å². The third kappa shape index (κ3) is 4.32. The van der Waals surface area contributed by atoms with Gasteiger partial charge in [0.05, 0.1) is 25.3 Å². The zero-order valence-electron chi connectivity index (χ0n) is 16.2. The summed E-state index contributed by atoms with van der Waals surface area (Å²) in [5.41, 5.74) is 5.10. The van der Waals surface area contributed by atoms with Crippen LogP contribution in [0.1, 0.15) is 34.5 Å². The number of nitrogens with zero attached hydrogens (tertiary/aromatic N) is 1. The smallest absolute Gasteiger partial charge is 0.265 e. The number of sulfonamides is 1. The number of methoxy groups -OCH3 is 2. The van der Waals surface area contributed by atoms with Gasteiger partial charge in [0, 0.05) is 12.1 Å². The van der Waals surface area contributed by atoms with E-state index in [1.165, 1.54) is 18.2 Å². The highest BCUT2D eigenvalue weighted by Crippen LogP contribution is 2.37. The minimum Gasteiger partial charge on any atom is -0.493 e. The molecular weight excluding hydrogens is 418 g/mol. The number of hydrogen-bond donors (Lipinski definition) is 2. The topological polar surface area (TPSA) is 111 Å². The first-order valence-electron chi connectivity index (χ1n) is 8.80. The Balaban J connectivity index is 1.84. The Bertz CT molecular complexity index is 1060. The van der Waals surface area contributed by atoms with Crippen LogP contribution < -0.4 is 20.0 Å². The number of primary sulfonamides is 1. The van der Waals surface area contributed by atoms with Gasteiger partial charge in [-0.05, 0) is 54.8 Å². The van der Waals surface area contributed by atoms with Crippen LogP contribution in [-0.4, -0.2) is 40.1 Å². The fourth-order valence-corrected chi connectivity index (χ4v) is 4.43. The van der Waals surface area contributed by atoms with Crippen molar-refractivity contribution in [2.45, 2.75) is 24.3 Å². The molecule has 156 valence electrons. The van der Waals surface area contributed by atoms with Crippen LogP contribution in [0.3, 0.4) is 0 Å². The van der Waals surface area contributed by atoms with Gasteiger partial charge in [0.25, 0.3) is 5.91 Å². The van der Waals surface area contributed by atoms with Crippen molar-refractivity contribution in [1.29, 1.82) is 0 Å². The quantitative estimate of drug-likeness (QED) is 0.739. The first-order valence-corrected chi connectivity index (χ1v) is 10.7. The molecule has 0 aromatic heterocycles. The molecule has 3 rings (SSSR count). The molecule has 0 bridgehead atoms. The molecule has 29 heavy (non-hydrogen) atoms. The highest BCUT2D eigenvalue weighted by molar-refractivity contribution is 7.89. The lowest BCUT2D eigenvalue weighted by atomic mass is 9.94. The molecule has 0 saturated heterocycles. The van der Waals surface area contributed by atoms with Gasteiger partial charge in [-0.3, -0.25) is 10.2 Å². The lowest BCUT2D eigenvalue weighted by Crippen LogP contribution is -2.47. The standard InChI is InChI=1S/C19H22ClN3O5S/c1-11-14-10-17(28-3)16(27-2)8-12(14)6-7-23(11)22-19(24)13-4-5-15(20)18(9-13)29(21,25)26/h4-5,8-11H,6-7H2,1-3H3,(H,22,24)(H2,21,25,26). The fourth-order valence-electron chi connectivity index (χ4n) is 3.36. The molecule has 1 amide bonds. The largest absolute Gasteiger partial charge is 0.493 e. The third-order valence-corrected chi connectivity index (χ3v) is 6.32. The summed E-state index contributed by atoms with van der Waals surface area (Å²) in [5, 5.41) is 6.92. The molecule has 0 saturated carbocycles. The molecule has 0 radical (unpaired) electrons. The average Bonchev–Trinajstić information content (AvgIpc) is 2.68. The van der Waals surface area contributed by atoms with Crippen molar-refractivity contribution < 1.29 is 22.7 Å². The maximum absolute atomic E-state index is 12.7. The second kappa shape index (κ2) is 8.19. The van der Waals surface area contributed by atoms with E-state index in [0.29, 0.717) is 24.5 Å². The van der Waals surface area contributed by atoms with Gasteiger partial charge in [-0.2, -0.15) is 0 Å². The number of hydrazine groups is 1. The monoisotopic (exact) mass is 439 g/mol. The van der Waals surface area contributed by atoms with Crippen molar-refractivity contribution in [3.8, 4) is 11.5 Å². The SMILES string of the molecule is COc1cc2c(cc1OC)C(C)N(NC(=O)c1ccc(Cl)c(S(N)(=O)=O)c1)CC2. The molecule has 0 fully saturated rings. The Morgan fingerprint density at radius 2 is 1.86 bits per heavy atom. The predicted molar refractivity (Wildman–Crippen MR) is 109 cm³/mol. The maximum Gasteiger partial charge on any atom is 0.265 e. The number of halogens is 1. The number of nitrogens with one attached hydrogen (secondary N) is 1. The van der Waals surface area contributed by atoms with Crippen LogP contribution in [0, 0.1) is 0 Å². The maximum atomic E-state index is 12.7. The Morgan fingerprint density at radius 3 is 2.48 bits per heavy atom. The zero-order valence-corrected chi connectivity index (χ0v) is 17.8. The van der Waals surface area contributed by atoms with Gasteiger partial charge in [-0.15, -0.1) is 0 Å². The number of nitrogens with two attached hydrogens (primary N) is 1. The van der Waals surface area contributed by atoms with Gasteiger partial charge in [0.15, 0.2) is 11.5 Å². The third-order valence-electron chi connectivity index (χ3n) is 4.93.